The van der Waals surface area contributed by atoms with Crippen LogP contribution in [0.2, 0.25) is 5.02 Å². The van der Waals surface area contributed by atoms with Crippen molar-refractivity contribution in [2.75, 3.05) is 7.11 Å². The first kappa shape index (κ1) is 18.6. The van der Waals surface area contributed by atoms with Crippen molar-refractivity contribution in [1.29, 1.82) is 0 Å². The molecule has 2 heterocycles. The van der Waals surface area contributed by atoms with Crippen LogP contribution >= 0.6 is 11.6 Å². The molecule has 0 atom stereocenters. The minimum absolute atomic E-state index is 0.192. The molecule has 134 valence electrons. The third kappa shape index (κ3) is 5.13. The molecule has 0 unspecified atom stereocenters. The smallest absolute Gasteiger partial charge is 0.358 e. The highest BCUT2D eigenvalue weighted by Crippen LogP contribution is 2.20. The Bertz CT molecular complexity index is 973. The Morgan fingerprint density at radius 1 is 1.04 bits per heavy atom. The van der Waals surface area contributed by atoms with Gasteiger partial charge in [0.15, 0.2) is 5.69 Å². The summed E-state index contributed by atoms with van der Waals surface area (Å²) in [7, 11) is 1.31. The molecule has 0 saturated carbocycles. The molecule has 0 aliphatic carbocycles. The number of hydrogen-bond acceptors (Lipinski definition) is 5. The number of carbonyl (C=O) groups excluding carboxylic acids is 1. The van der Waals surface area contributed by atoms with Crippen molar-refractivity contribution in [3.8, 4) is 23.0 Å². The Morgan fingerprint density at radius 2 is 1.81 bits per heavy atom. The van der Waals surface area contributed by atoms with Crippen LogP contribution < -0.4 is 0 Å². The third-order valence-corrected chi connectivity index (χ3v) is 4.03. The van der Waals surface area contributed by atoms with Crippen LogP contribution in [0.3, 0.4) is 0 Å². The SMILES string of the molecule is COC(=O)c1ccc(CCC#Cc2ccc(-c3ccc(Cl)cc3)cn2)nn1. The van der Waals surface area contributed by atoms with E-state index in [0.29, 0.717) is 23.6 Å². The minimum atomic E-state index is -0.498. The largest absolute Gasteiger partial charge is 0.464 e. The molecule has 0 saturated heterocycles. The van der Waals surface area contributed by atoms with E-state index in [9.17, 15) is 4.79 Å². The zero-order valence-electron chi connectivity index (χ0n) is 14.6. The number of pyridine rings is 1. The van der Waals surface area contributed by atoms with Crippen LogP contribution in [0.4, 0.5) is 0 Å². The quantitative estimate of drug-likeness (QED) is 0.508. The third-order valence-electron chi connectivity index (χ3n) is 3.78. The normalized spacial score (nSPS) is 10.0. The van der Waals surface area contributed by atoms with E-state index >= 15 is 0 Å². The van der Waals surface area contributed by atoms with E-state index in [4.69, 9.17) is 11.6 Å². The molecule has 0 N–H and O–H groups in total. The number of hydrogen-bond donors (Lipinski definition) is 0. The van der Waals surface area contributed by atoms with Crippen LogP contribution in [0, 0.1) is 11.8 Å². The molecule has 0 radical (unpaired) electrons. The number of benzene rings is 1. The highest BCUT2D eigenvalue weighted by atomic mass is 35.5. The van der Waals surface area contributed by atoms with Crippen LogP contribution in [0.25, 0.3) is 11.1 Å². The van der Waals surface area contributed by atoms with Gasteiger partial charge in [0.2, 0.25) is 0 Å². The first-order valence-corrected chi connectivity index (χ1v) is 8.65. The maximum Gasteiger partial charge on any atom is 0.358 e. The number of ether oxygens (including phenoxy) is 1. The number of methoxy groups -OCH3 is 1. The van der Waals surface area contributed by atoms with Gasteiger partial charge in [-0.15, -0.1) is 5.10 Å². The summed E-state index contributed by atoms with van der Waals surface area (Å²) in [6.45, 7) is 0. The van der Waals surface area contributed by atoms with Gasteiger partial charge in [0.1, 0.15) is 5.69 Å². The van der Waals surface area contributed by atoms with Gasteiger partial charge in [0.25, 0.3) is 0 Å². The lowest BCUT2D eigenvalue weighted by Gasteiger charge is -2.01. The molecule has 3 rings (SSSR count). The summed E-state index contributed by atoms with van der Waals surface area (Å²) in [6.07, 6.45) is 3.06. The summed E-state index contributed by atoms with van der Waals surface area (Å²) in [4.78, 5) is 15.7. The second-order valence-corrected chi connectivity index (χ2v) is 6.08. The fraction of sp³-hybridized carbons (Fsp3) is 0.143. The zero-order valence-corrected chi connectivity index (χ0v) is 15.4. The molecule has 27 heavy (non-hydrogen) atoms. The lowest BCUT2D eigenvalue weighted by atomic mass is 10.1. The van der Waals surface area contributed by atoms with Crippen molar-refractivity contribution in [1.82, 2.24) is 15.2 Å². The second-order valence-electron chi connectivity index (χ2n) is 5.64. The molecular weight excluding hydrogens is 362 g/mol. The van der Waals surface area contributed by atoms with Gasteiger partial charge in [0, 0.05) is 29.6 Å². The number of rotatable bonds is 4. The van der Waals surface area contributed by atoms with E-state index in [1.807, 2.05) is 36.4 Å². The first-order valence-electron chi connectivity index (χ1n) is 8.27. The van der Waals surface area contributed by atoms with Crippen molar-refractivity contribution in [3.63, 3.8) is 0 Å². The molecule has 0 fully saturated rings. The van der Waals surface area contributed by atoms with E-state index in [-0.39, 0.29) is 5.69 Å². The summed E-state index contributed by atoms with van der Waals surface area (Å²) in [5.74, 6) is 5.61. The van der Waals surface area contributed by atoms with Gasteiger partial charge in [-0.3, -0.25) is 0 Å². The summed E-state index contributed by atoms with van der Waals surface area (Å²) < 4.78 is 4.59. The van der Waals surface area contributed by atoms with Gasteiger partial charge in [-0.05, 0) is 41.8 Å². The molecule has 1 aromatic carbocycles. The lowest BCUT2D eigenvalue weighted by molar-refractivity contribution is 0.0592. The number of esters is 1. The molecule has 6 heteroatoms. The van der Waals surface area contributed by atoms with Crippen molar-refractivity contribution in [2.45, 2.75) is 12.8 Å². The number of aromatic nitrogens is 3. The van der Waals surface area contributed by atoms with Crippen LogP contribution in [0.5, 0.6) is 0 Å². The average molecular weight is 378 g/mol. The molecule has 0 bridgehead atoms. The van der Waals surface area contributed by atoms with Gasteiger partial charge in [-0.2, -0.15) is 5.10 Å². The van der Waals surface area contributed by atoms with Crippen LogP contribution in [-0.2, 0) is 11.2 Å². The van der Waals surface area contributed by atoms with Crippen LogP contribution in [-0.4, -0.2) is 28.3 Å². The average Bonchev–Trinajstić information content (AvgIpc) is 2.72. The second kappa shape index (κ2) is 8.93. The molecule has 3 aromatic rings. The summed E-state index contributed by atoms with van der Waals surface area (Å²) in [5, 5.41) is 8.54. The maximum atomic E-state index is 11.3. The van der Waals surface area contributed by atoms with Crippen molar-refractivity contribution < 1.29 is 9.53 Å². The van der Waals surface area contributed by atoms with Crippen molar-refractivity contribution in [2.24, 2.45) is 0 Å². The molecule has 0 amide bonds. The number of nitrogens with zero attached hydrogens (tertiary/aromatic N) is 3. The monoisotopic (exact) mass is 377 g/mol. The van der Waals surface area contributed by atoms with Gasteiger partial charge < -0.3 is 4.74 Å². The number of carbonyl (C=O) groups is 1. The topological polar surface area (TPSA) is 65.0 Å². The van der Waals surface area contributed by atoms with E-state index < -0.39 is 5.97 Å². The molecule has 0 spiro atoms. The van der Waals surface area contributed by atoms with Gasteiger partial charge >= 0.3 is 5.97 Å². The highest BCUT2D eigenvalue weighted by Gasteiger charge is 2.07. The Hall–Kier alpha value is -3.23. The molecule has 0 aliphatic rings. The fourth-order valence-electron chi connectivity index (χ4n) is 2.33. The van der Waals surface area contributed by atoms with E-state index in [1.54, 1.807) is 18.3 Å². The van der Waals surface area contributed by atoms with E-state index in [1.165, 1.54) is 7.11 Å². The lowest BCUT2D eigenvalue weighted by Crippen LogP contribution is -2.06. The Labute approximate surface area is 162 Å². The highest BCUT2D eigenvalue weighted by molar-refractivity contribution is 6.30. The fourth-order valence-corrected chi connectivity index (χ4v) is 2.46. The minimum Gasteiger partial charge on any atom is -0.464 e. The summed E-state index contributed by atoms with van der Waals surface area (Å²) in [6, 6.07) is 14.8. The van der Waals surface area contributed by atoms with Gasteiger partial charge in [0.05, 0.1) is 12.8 Å². The van der Waals surface area contributed by atoms with Crippen LogP contribution in [0.15, 0.2) is 54.7 Å². The Balaban J connectivity index is 1.56. The molecule has 5 nitrogen and oxygen atoms in total. The summed E-state index contributed by atoms with van der Waals surface area (Å²) in [5.41, 5.74) is 3.73. The number of halogens is 1. The first-order chi connectivity index (χ1) is 13.2. The van der Waals surface area contributed by atoms with E-state index in [0.717, 1.165) is 16.8 Å². The zero-order chi connectivity index (χ0) is 19.1. The molecule has 2 aromatic heterocycles. The molecule has 0 aliphatic heterocycles. The van der Waals surface area contributed by atoms with Gasteiger partial charge in [-0.1, -0.05) is 35.7 Å². The summed E-state index contributed by atoms with van der Waals surface area (Å²) >= 11 is 5.90. The molecular formula is C21H16ClN3O2. The van der Waals surface area contributed by atoms with Gasteiger partial charge in [-0.25, -0.2) is 9.78 Å². The predicted molar refractivity (Wildman–Crippen MR) is 103 cm³/mol. The maximum absolute atomic E-state index is 11.3. The van der Waals surface area contributed by atoms with Crippen molar-refractivity contribution >= 4 is 17.6 Å². The predicted octanol–water partition coefficient (Wildman–Crippen LogP) is 3.96. The van der Waals surface area contributed by atoms with E-state index in [2.05, 4.69) is 31.8 Å². The van der Waals surface area contributed by atoms with Crippen molar-refractivity contribution in [3.05, 3.63) is 76.8 Å². The Morgan fingerprint density at radius 3 is 2.44 bits per heavy atom. The number of aryl methyl sites for hydroxylation is 1. The standard InChI is InChI=1S/C21H16ClN3O2/c1-27-21(26)20-13-12-19(24-25-20)5-3-2-4-18-11-8-16(14-23-18)15-6-9-17(22)10-7-15/h6-14H,3,5H2,1H3. The van der Waals surface area contributed by atoms with Crippen LogP contribution in [0.1, 0.15) is 28.3 Å². The Kier molecular flexibility index (Phi) is 6.14.